The number of aryl methyl sites for hydroxylation is 2. The lowest BCUT2D eigenvalue weighted by molar-refractivity contribution is 0.0923. The normalized spacial score (nSPS) is 10.9. The van der Waals surface area contributed by atoms with E-state index in [0.717, 1.165) is 22.6 Å². The van der Waals surface area contributed by atoms with Crippen LogP contribution in [0.5, 0.6) is 17.2 Å². The lowest BCUT2D eigenvalue weighted by Crippen LogP contribution is -2.16. The number of nitrogens with zero attached hydrogens (tertiary/aromatic N) is 3. The van der Waals surface area contributed by atoms with Gasteiger partial charge < -0.3 is 23.2 Å². The first kappa shape index (κ1) is 31.2. The summed E-state index contributed by atoms with van der Waals surface area (Å²) < 4.78 is 26.1. The number of aromatic nitrogens is 1. The van der Waals surface area contributed by atoms with Crippen molar-refractivity contribution in [2.75, 3.05) is 6.61 Å². The highest BCUT2D eigenvalue weighted by Gasteiger charge is 2.14. The summed E-state index contributed by atoms with van der Waals surface area (Å²) in [6.07, 6.45) is 1.49. The second kappa shape index (κ2) is 14.5. The average Bonchev–Trinajstić information content (AvgIpc) is 3.67. The summed E-state index contributed by atoms with van der Waals surface area (Å²) in [6, 6.07) is 28.2. The number of ether oxygens (including phenoxy) is 3. The number of halogens is 1. The van der Waals surface area contributed by atoms with E-state index in [1.807, 2.05) is 49.4 Å². The van der Waals surface area contributed by atoms with E-state index in [0.29, 0.717) is 45.2 Å². The lowest BCUT2D eigenvalue weighted by atomic mass is 10.1. The number of amides is 1. The highest BCUT2D eigenvalue weighted by atomic mass is 79.9. The van der Waals surface area contributed by atoms with Gasteiger partial charge in [-0.1, -0.05) is 18.2 Å². The van der Waals surface area contributed by atoms with Crippen molar-refractivity contribution in [2.24, 2.45) is 5.10 Å². The molecule has 0 saturated carbocycles. The van der Waals surface area contributed by atoms with Crippen LogP contribution in [-0.4, -0.2) is 23.3 Å². The van der Waals surface area contributed by atoms with Crippen molar-refractivity contribution in [3.63, 3.8) is 0 Å². The van der Waals surface area contributed by atoms with E-state index in [4.69, 9.17) is 18.6 Å². The summed E-state index contributed by atoms with van der Waals surface area (Å²) >= 11 is 3.53. The van der Waals surface area contributed by atoms with Crippen LogP contribution < -0.4 is 19.6 Å². The number of benzene rings is 3. The molecule has 2 aromatic heterocycles. The minimum absolute atomic E-state index is 0.107. The zero-order valence-corrected chi connectivity index (χ0v) is 26.6. The molecule has 2 heterocycles. The topological polar surface area (TPSA) is 111 Å². The first-order valence-corrected chi connectivity index (χ1v) is 15.0. The Morgan fingerprint density at radius 2 is 1.69 bits per heavy atom. The number of furan rings is 1. The van der Waals surface area contributed by atoms with E-state index in [2.05, 4.69) is 63.1 Å². The standard InChI is InChI=1S/C35H31BrN4O5/c1-4-42-33-17-27(31(36)18-34(33)44-21-26-8-6-5-7-25(26)19-37)20-38-39-35(41)32-16-15-30(45-32)22-43-29-13-11-28(12-14-29)40-23(2)9-10-24(40)3/h5-18,20H,4,21-22H2,1-3H3,(H,39,41)/b38-20+. The minimum Gasteiger partial charge on any atom is -0.490 e. The molecule has 0 fully saturated rings. The highest BCUT2D eigenvalue weighted by molar-refractivity contribution is 9.10. The largest absolute Gasteiger partial charge is 0.490 e. The molecular formula is C35H31BrN4O5. The summed E-state index contributed by atoms with van der Waals surface area (Å²) in [7, 11) is 0. The third-order valence-corrected chi connectivity index (χ3v) is 7.57. The van der Waals surface area contributed by atoms with E-state index >= 15 is 0 Å². The fraction of sp³-hybridized carbons (Fsp3) is 0.171. The third kappa shape index (κ3) is 7.63. The summed E-state index contributed by atoms with van der Waals surface area (Å²) in [5, 5.41) is 13.4. The van der Waals surface area contributed by atoms with Gasteiger partial charge in [0.05, 0.1) is 24.5 Å². The van der Waals surface area contributed by atoms with Crippen molar-refractivity contribution < 1.29 is 23.4 Å². The molecule has 0 aliphatic rings. The Morgan fingerprint density at radius 3 is 2.42 bits per heavy atom. The minimum atomic E-state index is -0.503. The van der Waals surface area contributed by atoms with Crippen LogP contribution >= 0.6 is 15.9 Å². The van der Waals surface area contributed by atoms with Gasteiger partial charge in [-0.2, -0.15) is 10.4 Å². The number of carbonyl (C=O) groups excluding carboxylic acids is 1. The fourth-order valence-corrected chi connectivity index (χ4v) is 5.08. The predicted octanol–water partition coefficient (Wildman–Crippen LogP) is 7.64. The maximum atomic E-state index is 12.7. The highest BCUT2D eigenvalue weighted by Crippen LogP contribution is 2.34. The summed E-state index contributed by atoms with van der Waals surface area (Å²) in [5.74, 6) is 1.80. The summed E-state index contributed by atoms with van der Waals surface area (Å²) in [6.45, 7) is 6.80. The third-order valence-electron chi connectivity index (χ3n) is 6.89. The Kier molecular flexibility index (Phi) is 10.0. The van der Waals surface area contributed by atoms with Crippen molar-refractivity contribution in [3.8, 4) is 29.0 Å². The fourth-order valence-electron chi connectivity index (χ4n) is 4.66. The van der Waals surface area contributed by atoms with Crippen molar-refractivity contribution in [3.05, 3.63) is 129 Å². The Morgan fingerprint density at radius 1 is 0.956 bits per heavy atom. The maximum absolute atomic E-state index is 12.7. The van der Waals surface area contributed by atoms with Gasteiger partial charge in [0.1, 0.15) is 24.7 Å². The first-order chi connectivity index (χ1) is 21.9. The molecule has 1 amide bonds. The van der Waals surface area contributed by atoms with Gasteiger partial charge >= 0.3 is 5.91 Å². The molecule has 0 radical (unpaired) electrons. The molecule has 0 aliphatic heterocycles. The van der Waals surface area contributed by atoms with E-state index in [1.54, 1.807) is 30.3 Å². The number of hydrogen-bond donors (Lipinski definition) is 1. The predicted molar refractivity (Wildman–Crippen MR) is 174 cm³/mol. The van der Waals surface area contributed by atoms with E-state index in [-0.39, 0.29) is 19.0 Å². The molecule has 0 aliphatic carbocycles. The molecule has 0 spiro atoms. The van der Waals surface area contributed by atoms with Crippen molar-refractivity contribution >= 4 is 28.1 Å². The van der Waals surface area contributed by atoms with Crippen LogP contribution in [0.1, 0.15) is 51.3 Å². The van der Waals surface area contributed by atoms with Gasteiger partial charge in [-0.05, 0) is 103 Å². The van der Waals surface area contributed by atoms with Crippen LogP contribution in [-0.2, 0) is 13.2 Å². The van der Waals surface area contributed by atoms with Crippen LogP contribution in [0.25, 0.3) is 5.69 Å². The zero-order valence-electron chi connectivity index (χ0n) is 25.0. The van der Waals surface area contributed by atoms with Gasteiger partial charge in [0.2, 0.25) is 0 Å². The van der Waals surface area contributed by atoms with E-state index in [1.165, 1.54) is 6.21 Å². The first-order valence-electron chi connectivity index (χ1n) is 14.2. The second-order valence-electron chi connectivity index (χ2n) is 10.0. The number of carbonyl (C=O) groups is 1. The zero-order chi connectivity index (χ0) is 31.8. The molecule has 0 atom stereocenters. The Hall–Kier alpha value is -5.27. The molecule has 0 saturated heterocycles. The molecular weight excluding hydrogens is 636 g/mol. The molecule has 45 heavy (non-hydrogen) atoms. The average molecular weight is 668 g/mol. The van der Waals surface area contributed by atoms with Gasteiger partial charge in [-0.3, -0.25) is 4.79 Å². The number of nitrogens with one attached hydrogen (secondary N) is 1. The van der Waals surface area contributed by atoms with E-state index < -0.39 is 5.91 Å². The van der Waals surface area contributed by atoms with Gasteiger partial charge in [0, 0.05) is 32.7 Å². The van der Waals surface area contributed by atoms with Crippen LogP contribution in [0, 0.1) is 25.2 Å². The smallest absolute Gasteiger partial charge is 0.307 e. The molecule has 1 N–H and O–H groups in total. The number of rotatable bonds is 12. The SMILES string of the molecule is CCOc1cc(/C=N/NC(=O)c2ccc(COc3ccc(-n4c(C)ccc4C)cc3)o2)c(Br)cc1OCc1ccccc1C#N. The molecule has 5 aromatic rings. The Labute approximate surface area is 269 Å². The maximum Gasteiger partial charge on any atom is 0.307 e. The summed E-state index contributed by atoms with van der Waals surface area (Å²) in [5.41, 5.74) is 7.84. The van der Waals surface area contributed by atoms with Gasteiger partial charge in [0.15, 0.2) is 17.3 Å². The van der Waals surface area contributed by atoms with Crippen LogP contribution in [0.4, 0.5) is 0 Å². The van der Waals surface area contributed by atoms with Crippen LogP contribution in [0.2, 0.25) is 0 Å². The molecule has 0 bridgehead atoms. The Bertz CT molecular complexity index is 1850. The number of nitriles is 1. The molecule has 5 rings (SSSR count). The van der Waals surface area contributed by atoms with Crippen LogP contribution in [0.15, 0.2) is 98.9 Å². The molecule has 228 valence electrons. The van der Waals surface area contributed by atoms with E-state index in [9.17, 15) is 10.1 Å². The van der Waals surface area contributed by atoms with Gasteiger partial charge in [-0.15, -0.1) is 0 Å². The lowest BCUT2D eigenvalue weighted by Gasteiger charge is -2.14. The molecule has 10 heteroatoms. The summed E-state index contributed by atoms with van der Waals surface area (Å²) in [4.78, 5) is 12.7. The molecule has 3 aromatic carbocycles. The van der Waals surface area contributed by atoms with Gasteiger partial charge in [-0.25, -0.2) is 5.43 Å². The van der Waals surface area contributed by atoms with Crippen molar-refractivity contribution in [1.82, 2.24) is 9.99 Å². The quantitative estimate of drug-likeness (QED) is 0.108. The van der Waals surface area contributed by atoms with Crippen molar-refractivity contribution in [1.29, 1.82) is 5.26 Å². The molecule has 9 nitrogen and oxygen atoms in total. The number of hydrazone groups is 1. The van der Waals surface area contributed by atoms with Crippen molar-refractivity contribution in [2.45, 2.75) is 34.0 Å². The van der Waals surface area contributed by atoms with Crippen LogP contribution in [0.3, 0.4) is 0 Å². The Balaban J connectivity index is 1.17. The molecule has 0 unspecified atom stereocenters. The monoisotopic (exact) mass is 666 g/mol. The van der Waals surface area contributed by atoms with Gasteiger partial charge in [0.25, 0.3) is 0 Å². The second-order valence-corrected chi connectivity index (χ2v) is 10.9. The number of hydrogen-bond acceptors (Lipinski definition) is 7.